The minimum Gasteiger partial charge on any atom is -0.258 e. The number of hydrogen-bond donors (Lipinski definition) is 0. The smallest absolute Gasteiger partial charge is 0.0972 e. The zero-order valence-electron chi connectivity index (χ0n) is 17.6. The molecular weight excluding hydrogens is 388 g/mol. The highest BCUT2D eigenvalue weighted by Gasteiger charge is 2.28. The lowest BCUT2D eigenvalue weighted by Crippen LogP contribution is -2.16. The molecule has 2 heteroatoms. The largest absolute Gasteiger partial charge is 0.258 e. The van der Waals surface area contributed by atoms with Crippen LogP contribution in [0.5, 0.6) is 0 Å². The van der Waals surface area contributed by atoms with Crippen molar-refractivity contribution in [3.8, 4) is 0 Å². The zero-order chi connectivity index (χ0) is 21.4. The molecule has 7 rings (SSSR count). The summed E-state index contributed by atoms with van der Waals surface area (Å²) in [7, 11) is 0. The lowest BCUT2D eigenvalue weighted by molar-refractivity contribution is 1.08. The Morgan fingerprint density at radius 1 is 0.969 bits per heavy atom. The summed E-state index contributed by atoms with van der Waals surface area (Å²) in [5.41, 5.74) is 8.70. The average molecular weight is 409 g/mol. The molecule has 0 saturated carbocycles. The van der Waals surface area contributed by atoms with Gasteiger partial charge in [0, 0.05) is 29.5 Å². The van der Waals surface area contributed by atoms with Crippen molar-refractivity contribution in [2.24, 2.45) is 4.99 Å². The van der Waals surface area contributed by atoms with Gasteiger partial charge in [-0.15, -0.1) is 0 Å². The van der Waals surface area contributed by atoms with E-state index in [-0.39, 0.29) is 5.92 Å². The highest BCUT2D eigenvalue weighted by Crippen LogP contribution is 2.47. The molecule has 2 heterocycles. The van der Waals surface area contributed by atoms with Gasteiger partial charge in [-0.1, -0.05) is 79.9 Å². The van der Waals surface area contributed by atoms with Crippen molar-refractivity contribution in [3.05, 3.63) is 100 Å². The van der Waals surface area contributed by atoms with Crippen LogP contribution in [0.15, 0.2) is 72.3 Å². The average Bonchev–Trinajstić information content (AvgIpc) is 2.83. The molecule has 32 heavy (non-hydrogen) atoms. The van der Waals surface area contributed by atoms with Gasteiger partial charge in [-0.3, -0.25) is 4.99 Å². The van der Waals surface area contributed by atoms with Gasteiger partial charge < -0.3 is 0 Å². The molecule has 0 bridgehead atoms. The van der Waals surface area contributed by atoms with Crippen molar-refractivity contribution >= 4 is 63.5 Å². The molecule has 1 atom stereocenters. The first-order valence-corrected chi connectivity index (χ1v) is 11.0. The highest BCUT2D eigenvalue weighted by atomic mass is 14.8. The summed E-state index contributed by atoms with van der Waals surface area (Å²) in [4.78, 5) is 9.80. The Morgan fingerprint density at radius 3 is 2.81 bits per heavy atom. The van der Waals surface area contributed by atoms with Crippen LogP contribution in [0.1, 0.15) is 34.7 Å². The van der Waals surface area contributed by atoms with Gasteiger partial charge >= 0.3 is 0 Å². The molecule has 0 saturated heterocycles. The van der Waals surface area contributed by atoms with Crippen molar-refractivity contribution in [2.45, 2.75) is 12.3 Å². The summed E-state index contributed by atoms with van der Waals surface area (Å²) < 4.78 is 0. The van der Waals surface area contributed by atoms with Gasteiger partial charge in [0.2, 0.25) is 0 Å². The van der Waals surface area contributed by atoms with E-state index in [0.717, 1.165) is 50.3 Å². The van der Waals surface area contributed by atoms with E-state index >= 15 is 0 Å². The SMILES string of the molecule is C=C1C(c2nc3c4c(ccc3cc2=C)=CCC=N4)=CC2C=Cc3cccc4ccc1c2c34. The van der Waals surface area contributed by atoms with Crippen molar-refractivity contribution < 1.29 is 0 Å². The predicted octanol–water partition coefficient (Wildman–Crippen LogP) is 5.91. The number of allylic oxidation sites excluding steroid dienone is 4. The first-order valence-electron chi connectivity index (χ1n) is 11.0. The molecule has 1 aliphatic heterocycles. The van der Waals surface area contributed by atoms with Crippen LogP contribution >= 0.6 is 0 Å². The fourth-order valence-electron chi connectivity index (χ4n) is 5.42. The van der Waals surface area contributed by atoms with Crippen LogP contribution in [0.4, 0.5) is 5.69 Å². The number of fused-ring (bicyclic) bond motifs is 3. The molecule has 0 fully saturated rings. The maximum Gasteiger partial charge on any atom is 0.0972 e. The van der Waals surface area contributed by atoms with Gasteiger partial charge in [0.1, 0.15) is 0 Å². The van der Waals surface area contributed by atoms with Gasteiger partial charge in [-0.05, 0) is 49.5 Å². The maximum atomic E-state index is 5.13. The van der Waals surface area contributed by atoms with Crippen molar-refractivity contribution in [3.63, 3.8) is 0 Å². The molecule has 4 aromatic rings. The van der Waals surface area contributed by atoms with Crippen molar-refractivity contribution in [1.82, 2.24) is 4.98 Å². The second-order valence-corrected chi connectivity index (χ2v) is 8.74. The molecule has 0 radical (unpaired) electrons. The normalized spacial score (nSPS) is 17.9. The fraction of sp³-hybridized carbons (Fsp3) is 0.0667. The van der Waals surface area contributed by atoms with Gasteiger partial charge in [0.05, 0.1) is 16.9 Å². The predicted molar refractivity (Wildman–Crippen MR) is 136 cm³/mol. The minimum atomic E-state index is 0.206. The van der Waals surface area contributed by atoms with Gasteiger partial charge in [0.15, 0.2) is 0 Å². The van der Waals surface area contributed by atoms with Crippen LogP contribution in [0.2, 0.25) is 0 Å². The summed E-state index contributed by atoms with van der Waals surface area (Å²) >= 11 is 0. The number of aromatic nitrogens is 1. The van der Waals surface area contributed by atoms with Gasteiger partial charge in [0.25, 0.3) is 0 Å². The topological polar surface area (TPSA) is 25.2 Å². The summed E-state index contributed by atoms with van der Waals surface area (Å²) in [5, 5.41) is 5.75. The van der Waals surface area contributed by atoms with Crippen molar-refractivity contribution in [2.75, 3.05) is 0 Å². The molecule has 0 amide bonds. The lowest BCUT2D eigenvalue weighted by Gasteiger charge is -2.29. The summed E-state index contributed by atoms with van der Waals surface area (Å²) in [5.74, 6) is 0.206. The summed E-state index contributed by atoms with van der Waals surface area (Å²) in [6, 6.07) is 17.3. The second-order valence-electron chi connectivity index (χ2n) is 8.74. The number of pyridine rings is 1. The Balaban J connectivity index is 1.49. The van der Waals surface area contributed by atoms with Gasteiger partial charge in [-0.2, -0.15) is 0 Å². The van der Waals surface area contributed by atoms with E-state index in [4.69, 9.17) is 4.98 Å². The minimum absolute atomic E-state index is 0.206. The molecule has 1 aromatic heterocycles. The summed E-state index contributed by atoms with van der Waals surface area (Å²) in [6.07, 6.45) is 11.9. The van der Waals surface area contributed by atoms with Crippen LogP contribution < -0.4 is 10.4 Å². The molecular formula is C30H20N2. The maximum absolute atomic E-state index is 5.13. The number of hydrogen-bond acceptors (Lipinski definition) is 2. The van der Waals surface area contributed by atoms with E-state index in [1.165, 1.54) is 27.5 Å². The number of aliphatic imine (C=N–C) groups is 1. The van der Waals surface area contributed by atoms with E-state index in [2.05, 4.69) is 91.0 Å². The molecule has 150 valence electrons. The Morgan fingerprint density at radius 2 is 1.88 bits per heavy atom. The first kappa shape index (κ1) is 17.6. The van der Waals surface area contributed by atoms with Crippen LogP contribution in [0.25, 0.3) is 51.6 Å². The van der Waals surface area contributed by atoms with Crippen LogP contribution in [-0.4, -0.2) is 11.2 Å². The third-order valence-corrected chi connectivity index (χ3v) is 6.92. The Bertz CT molecular complexity index is 1730. The second kappa shape index (κ2) is 6.24. The zero-order valence-corrected chi connectivity index (χ0v) is 17.6. The van der Waals surface area contributed by atoms with E-state index < -0.39 is 0 Å². The molecule has 1 unspecified atom stereocenters. The highest BCUT2D eigenvalue weighted by molar-refractivity contribution is 6.11. The van der Waals surface area contributed by atoms with Crippen LogP contribution in [-0.2, 0) is 0 Å². The number of benzene rings is 3. The Kier molecular flexibility index (Phi) is 3.44. The van der Waals surface area contributed by atoms with Gasteiger partial charge in [-0.25, -0.2) is 4.98 Å². The molecule has 2 nitrogen and oxygen atoms in total. The van der Waals surface area contributed by atoms with E-state index in [1.54, 1.807) is 0 Å². The van der Waals surface area contributed by atoms with Crippen LogP contribution in [0, 0.1) is 0 Å². The monoisotopic (exact) mass is 408 g/mol. The molecule has 0 spiro atoms. The standard InChI is InChI=1S/C30H20N2/c1-17-15-23-11-9-21-7-4-14-31-29(21)30(23)32-28(17)25-16-22-10-8-19-5-3-6-20-12-13-24(18(25)2)27(22)26(19)20/h3,5-16,22H,1-2,4H2. The van der Waals surface area contributed by atoms with E-state index in [0.29, 0.717) is 0 Å². The third kappa shape index (κ3) is 2.29. The molecule has 0 N–H and O–H groups in total. The summed E-state index contributed by atoms with van der Waals surface area (Å²) in [6.45, 7) is 8.87. The lowest BCUT2D eigenvalue weighted by atomic mass is 9.75. The molecule has 3 aromatic carbocycles. The quantitative estimate of drug-likeness (QED) is 0.385. The first-order chi connectivity index (χ1) is 15.7. The molecule has 2 aliphatic carbocycles. The number of rotatable bonds is 1. The third-order valence-electron chi connectivity index (χ3n) is 6.92. The fourth-order valence-corrected chi connectivity index (χ4v) is 5.42. The Hall–Kier alpha value is -4.04. The van der Waals surface area contributed by atoms with E-state index in [9.17, 15) is 0 Å². The Labute approximate surface area is 186 Å². The van der Waals surface area contributed by atoms with Crippen molar-refractivity contribution in [1.29, 1.82) is 0 Å². The van der Waals surface area contributed by atoms with Crippen LogP contribution in [0.3, 0.4) is 0 Å². The molecule has 3 aliphatic rings. The number of nitrogens with zero attached hydrogens (tertiary/aromatic N) is 2. The van der Waals surface area contributed by atoms with E-state index in [1.807, 2.05) is 6.21 Å².